The molecule has 1 atom stereocenters. The summed E-state index contributed by atoms with van der Waals surface area (Å²) in [6, 6.07) is 0.0180. The lowest BCUT2D eigenvalue weighted by Crippen LogP contribution is -2.07. The first-order chi connectivity index (χ1) is 7.24. The largest absolute Gasteiger partial charge is 0.382 e. The average Bonchev–Trinajstić information content (AvgIpc) is 2.66. The molecule has 1 unspecified atom stereocenters. The maximum Gasteiger partial charge on any atom is 0.0951 e. The Kier molecular flexibility index (Phi) is 5.78. The zero-order valence-corrected chi connectivity index (χ0v) is 10.0. The predicted octanol–water partition coefficient (Wildman–Crippen LogP) is 1.37. The number of aromatic nitrogens is 1. The molecule has 1 aromatic rings. The van der Waals surface area contributed by atoms with E-state index in [1.165, 1.54) is 0 Å². The summed E-state index contributed by atoms with van der Waals surface area (Å²) < 4.78 is 10.2. The Morgan fingerprint density at radius 2 is 2.27 bits per heavy atom. The smallest absolute Gasteiger partial charge is 0.0951 e. The van der Waals surface area contributed by atoms with Crippen LogP contribution >= 0.6 is 11.3 Å². The van der Waals surface area contributed by atoms with Crippen molar-refractivity contribution in [2.75, 3.05) is 26.9 Å². The summed E-state index contributed by atoms with van der Waals surface area (Å²) in [6.45, 7) is 3.91. The van der Waals surface area contributed by atoms with E-state index in [0.717, 1.165) is 17.1 Å². The molecule has 1 aromatic heterocycles. The Labute approximate surface area is 94.4 Å². The Morgan fingerprint density at radius 3 is 2.87 bits per heavy atom. The van der Waals surface area contributed by atoms with Crippen molar-refractivity contribution in [3.05, 3.63) is 16.1 Å². The molecule has 0 fully saturated rings. The number of methoxy groups -OCH3 is 1. The van der Waals surface area contributed by atoms with Crippen molar-refractivity contribution < 1.29 is 9.47 Å². The van der Waals surface area contributed by atoms with Crippen LogP contribution in [0, 0.1) is 0 Å². The number of thiazole rings is 1. The zero-order chi connectivity index (χ0) is 11.1. The van der Waals surface area contributed by atoms with Gasteiger partial charge in [0.2, 0.25) is 0 Å². The molecule has 1 rings (SSSR count). The van der Waals surface area contributed by atoms with E-state index in [4.69, 9.17) is 15.2 Å². The number of hydrogen-bond acceptors (Lipinski definition) is 5. The molecule has 4 nitrogen and oxygen atoms in total. The van der Waals surface area contributed by atoms with Crippen molar-refractivity contribution in [1.29, 1.82) is 0 Å². The number of hydrogen-bond donors (Lipinski definition) is 1. The number of nitrogens with two attached hydrogens (primary N) is 1. The Hall–Kier alpha value is -0.490. The number of ether oxygens (including phenoxy) is 2. The van der Waals surface area contributed by atoms with Gasteiger partial charge in [0.15, 0.2) is 0 Å². The molecule has 0 aliphatic carbocycles. The fourth-order valence-electron chi connectivity index (χ4n) is 1.05. The predicted molar refractivity (Wildman–Crippen MR) is 61.1 cm³/mol. The molecule has 0 saturated heterocycles. The molecule has 0 aliphatic heterocycles. The summed E-state index contributed by atoms with van der Waals surface area (Å²) in [4.78, 5) is 4.41. The van der Waals surface area contributed by atoms with Gasteiger partial charge in [-0.05, 0) is 6.92 Å². The van der Waals surface area contributed by atoms with E-state index < -0.39 is 0 Å². The maximum absolute atomic E-state index is 5.72. The molecule has 15 heavy (non-hydrogen) atoms. The third kappa shape index (κ3) is 4.70. The van der Waals surface area contributed by atoms with Gasteiger partial charge in [0.25, 0.3) is 0 Å². The molecule has 5 heteroatoms. The number of nitrogens with zero attached hydrogens (tertiary/aromatic N) is 1. The van der Waals surface area contributed by atoms with E-state index in [-0.39, 0.29) is 6.04 Å². The van der Waals surface area contributed by atoms with Crippen LogP contribution < -0.4 is 5.73 Å². The second kappa shape index (κ2) is 6.90. The van der Waals surface area contributed by atoms with Crippen LogP contribution in [0.25, 0.3) is 0 Å². The molecular weight excluding hydrogens is 212 g/mol. The van der Waals surface area contributed by atoms with Gasteiger partial charge in [-0.25, -0.2) is 4.98 Å². The van der Waals surface area contributed by atoms with Gasteiger partial charge >= 0.3 is 0 Å². The van der Waals surface area contributed by atoms with E-state index in [2.05, 4.69) is 4.98 Å². The maximum atomic E-state index is 5.72. The monoisotopic (exact) mass is 230 g/mol. The van der Waals surface area contributed by atoms with Gasteiger partial charge in [-0.2, -0.15) is 0 Å². The van der Waals surface area contributed by atoms with Gasteiger partial charge in [-0.1, -0.05) is 0 Å². The molecule has 0 amide bonds. The molecule has 86 valence electrons. The van der Waals surface area contributed by atoms with Crippen LogP contribution in [-0.2, 0) is 15.9 Å². The van der Waals surface area contributed by atoms with Crippen molar-refractivity contribution in [1.82, 2.24) is 4.98 Å². The van der Waals surface area contributed by atoms with E-state index in [9.17, 15) is 0 Å². The summed E-state index contributed by atoms with van der Waals surface area (Å²) in [5.41, 5.74) is 6.68. The van der Waals surface area contributed by atoms with Gasteiger partial charge in [0.1, 0.15) is 0 Å². The second-order valence-corrected chi connectivity index (χ2v) is 4.25. The second-order valence-electron chi connectivity index (χ2n) is 3.31. The highest BCUT2D eigenvalue weighted by Crippen LogP contribution is 2.14. The van der Waals surface area contributed by atoms with E-state index >= 15 is 0 Å². The summed E-state index contributed by atoms with van der Waals surface area (Å²) in [5, 5.41) is 3.09. The van der Waals surface area contributed by atoms with Gasteiger partial charge in [0.05, 0.1) is 30.5 Å². The fraction of sp³-hybridized carbons (Fsp3) is 0.700. The van der Waals surface area contributed by atoms with Crippen LogP contribution in [0.3, 0.4) is 0 Å². The number of rotatable bonds is 7. The lowest BCUT2D eigenvalue weighted by atomic mass is 10.3. The van der Waals surface area contributed by atoms with E-state index in [1.54, 1.807) is 18.4 Å². The van der Waals surface area contributed by atoms with Crippen molar-refractivity contribution in [3.8, 4) is 0 Å². The van der Waals surface area contributed by atoms with E-state index in [1.807, 2.05) is 12.3 Å². The highest BCUT2D eigenvalue weighted by Gasteiger charge is 2.05. The van der Waals surface area contributed by atoms with Gasteiger partial charge in [-0.15, -0.1) is 11.3 Å². The highest BCUT2D eigenvalue weighted by atomic mass is 32.1. The van der Waals surface area contributed by atoms with Crippen LogP contribution in [0.15, 0.2) is 5.38 Å². The van der Waals surface area contributed by atoms with Gasteiger partial charge in [0, 0.05) is 25.0 Å². The molecule has 0 aromatic carbocycles. The molecule has 2 N–H and O–H groups in total. The Morgan fingerprint density at radius 1 is 1.47 bits per heavy atom. The zero-order valence-electron chi connectivity index (χ0n) is 9.23. The highest BCUT2D eigenvalue weighted by molar-refractivity contribution is 7.09. The third-order valence-corrected chi connectivity index (χ3v) is 2.85. The summed E-state index contributed by atoms with van der Waals surface area (Å²) in [5.74, 6) is 0. The first-order valence-electron chi connectivity index (χ1n) is 5.00. The molecule has 0 aliphatic rings. The van der Waals surface area contributed by atoms with Crippen molar-refractivity contribution in [3.63, 3.8) is 0 Å². The summed E-state index contributed by atoms with van der Waals surface area (Å²) >= 11 is 1.64. The Bertz CT molecular complexity index is 276. The van der Waals surface area contributed by atoms with E-state index in [0.29, 0.717) is 19.8 Å². The van der Waals surface area contributed by atoms with Gasteiger partial charge in [-0.3, -0.25) is 0 Å². The van der Waals surface area contributed by atoms with Crippen molar-refractivity contribution in [2.24, 2.45) is 5.73 Å². The first kappa shape index (κ1) is 12.6. The van der Waals surface area contributed by atoms with Crippen molar-refractivity contribution in [2.45, 2.75) is 19.4 Å². The summed E-state index contributed by atoms with van der Waals surface area (Å²) in [7, 11) is 1.67. The molecule has 0 radical (unpaired) electrons. The van der Waals surface area contributed by atoms with Crippen LogP contribution in [0.1, 0.15) is 23.7 Å². The molecule has 0 saturated carbocycles. The average molecular weight is 230 g/mol. The molecular formula is C10H18N2O2S. The van der Waals surface area contributed by atoms with Crippen LogP contribution in [0.2, 0.25) is 0 Å². The molecule has 0 bridgehead atoms. The molecule has 0 spiro atoms. The molecule has 1 heterocycles. The fourth-order valence-corrected chi connectivity index (χ4v) is 1.94. The third-order valence-electron chi connectivity index (χ3n) is 1.93. The van der Waals surface area contributed by atoms with Crippen molar-refractivity contribution >= 4 is 11.3 Å². The van der Waals surface area contributed by atoms with Crippen LogP contribution in [-0.4, -0.2) is 31.9 Å². The lowest BCUT2D eigenvalue weighted by Gasteiger charge is -2.01. The SMILES string of the molecule is COCCOCCc1nc(C(C)N)cs1. The summed E-state index contributed by atoms with van der Waals surface area (Å²) in [6.07, 6.45) is 0.848. The van der Waals surface area contributed by atoms with Gasteiger partial charge < -0.3 is 15.2 Å². The first-order valence-corrected chi connectivity index (χ1v) is 5.88. The Balaban J connectivity index is 2.20. The normalized spacial score (nSPS) is 13.0. The van der Waals surface area contributed by atoms with Crippen LogP contribution in [0.5, 0.6) is 0 Å². The lowest BCUT2D eigenvalue weighted by molar-refractivity contribution is 0.0722. The standard InChI is InChI=1S/C10H18N2O2S/c1-8(11)9-7-15-10(12-9)3-4-14-6-5-13-2/h7-8H,3-6,11H2,1-2H3. The topological polar surface area (TPSA) is 57.4 Å². The van der Waals surface area contributed by atoms with Crippen LogP contribution in [0.4, 0.5) is 0 Å². The quantitative estimate of drug-likeness (QED) is 0.719. The minimum Gasteiger partial charge on any atom is -0.382 e. The minimum absolute atomic E-state index is 0.0180. The minimum atomic E-state index is 0.0180.